The fourth-order valence-electron chi connectivity index (χ4n) is 2.91. The van der Waals surface area contributed by atoms with Crippen molar-refractivity contribution >= 4 is 12.3 Å². The Morgan fingerprint density at radius 3 is 2.67 bits per heavy atom. The van der Waals surface area contributed by atoms with Crippen LogP contribution in [-0.2, 0) is 0 Å². The Labute approximate surface area is 128 Å². The standard InChI is InChI=1S/C19H26N2/c1-5-6-7-17-12-21-13-18(19(17)20-4)15(3)16-10-8-14(2)9-11-16/h8-11,17,21H,3-7,12-13H2,1-2H3. The molecule has 1 aromatic rings. The lowest BCUT2D eigenvalue weighted by Gasteiger charge is -2.28. The molecule has 0 fully saturated rings. The quantitative estimate of drug-likeness (QED) is 0.770. The molecule has 1 N–H and O–H groups in total. The van der Waals surface area contributed by atoms with Gasteiger partial charge in [-0.05, 0) is 36.8 Å². The van der Waals surface area contributed by atoms with Crippen molar-refractivity contribution in [1.29, 1.82) is 0 Å². The Morgan fingerprint density at radius 1 is 1.33 bits per heavy atom. The zero-order valence-corrected chi connectivity index (χ0v) is 13.3. The van der Waals surface area contributed by atoms with Crippen molar-refractivity contribution in [3.8, 4) is 0 Å². The van der Waals surface area contributed by atoms with Crippen LogP contribution in [0.1, 0.15) is 37.3 Å². The number of benzene rings is 1. The van der Waals surface area contributed by atoms with E-state index in [1.165, 1.54) is 36.0 Å². The highest BCUT2D eigenvalue weighted by Crippen LogP contribution is 2.32. The van der Waals surface area contributed by atoms with Gasteiger partial charge in [0.05, 0.1) is 0 Å². The van der Waals surface area contributed by atoms with Crippen LogP contribution in [0.25, 0.3) is 5.57 Å². The lowest BCUT2D eigenvalue weighted by molar-refractivity contribution is 0.468. The van der Waals surface area contributed by atoms with Gasteiger partial charge in [-0.1, -0.05) is 56.2 Å². The van der Waals surface area contributed by atoms with Crippen LogP contribution < -0.4 is 5.32 Å². The van der Waals surface area contributed by atoms with E-state index in [2.05, 4.69) is 61.7 Å². The lowest BCUT2D eigenvalue weighted by atomic mass is 9.87. The maximum Gasteiger partial charge on any atom is 0.0490 e. The molecule has 112 valence electrons. The molecule has 1 aromatic carbocycles. The molecular weight excluding hydrogens is 256 g/mol. The Bertz CT molecular complexity index is 537. The van der Waals surface area contributed by atoms with Crippen molar-refractivity contribution in [3.05, 3.63) is 53.2 Å². The summed E-state index contributed by atoms with van der Waals surface area (Å²) >= 11 is 0. The van der Waals surface area contributed by atoms with Gasteiger partial charge in [-0.15, -0.1) is 0 Å². The van der Waals surface area contributed by atoms with E-state index in [0.29, 0.717) is 5.92 Å². The summed E-state index contributed by atoms with van der Waals surface area (Å²) in [5, 5.41) is 3.51. The number of nitrogens with zero attached hydrogens (tertiary/aromatic N) is 1. The van der Waals surface area contributed by atoms with Crippen molar-refractivity contribution in [2.24, 2.45) is 10.9 Å². The molecule has 2 rings (SSSR count). The van der Waals surface area contributed by atoms with Gasteiger partial charge in [0.25, 0.3) is 0 Å². The summed E-state index contributed by atoms with van der Waals surface area (Å²) in [5.74, 6) is 0.466. The van der Waals surface area contributed by atoms with E-state index >= 15 is 0 Å². The van der Waals surface area contributed by atoms with E-state index < -0.39 is 0 Å². The van der Waals surface area contributed by atoms with Gasteiger partial charge in [0.2, 0.25) is 0 Å². The van der Waals surface area contributed by atoms with Crippen LogP contribution in [0.5, 0.6) is 0 Å². The molecular formula is C19H26N2. The molecule has 1 aliphatic rings. The fourth-order valence-corrected chi connectivity index (χ4v) is 2.91. The molecule has 1 heterocycles. The summed E-state index contributed by atoms with van der Waals surface area (Å²) in [6.07, 6.45) is 3.62. The molecule has 0 spiro atoms. The molecule has 21 heavy (non-hydrogen) atoms. The van der Waals surface area contributed by atoms with Gasteiger partial charge >= 0.3 is 0 Å². The average molecular weight is 282 g/mol. The first-order valence-electron chi connectivity index (χ1n) is 7.84. The number of aryl methyl sites for hydroxylation is 1. The summed E-state index contributed by atoms with van der Waals surface area (Å²) in [7, 11) is 0. The minimum absolute atomic E-state index is 0.466. The third-order valence-corrected chi connectivity index (χ3v) is 4.23. The first-order chi connectivity index (χ1) is 10.2. The SMILES string of the molecule is C=NC1=C(C(=C)c2ccc(C)cc2)CNCC1CCCC. The molecule has 2 nitrogen and oxygen atoms in total. The van der Waals surface area contributed by atoms with Gasteiger partial charge in [-0.2, -0.15) is 0 Å². The molecule has 0 aromatic heterocycles. The third-order valence-electron chi connectivity index (χ3n) is 4.23. The van der Waals surface area contributed by atoms with Gasteiger partial charge in [0.15, 0.2) is 0 Å². The number of hydrogen-bond acceptors (Lipinski definition) is 2. The van der Waals surface area contributed by atoms with E-state index in [1.54, 1.807) is 0 Å². The molecule has 0 saturated heterocycles. The predicted octanol–water partition coefficient (Wildman–Crippen LogP) is 4.37. The van der Waals surface area contributed by atoms with Crippen LogP contribution in [0.3, 0.4) is 0 Å². The lowest BCUT2D eigenvalue weighted by Crippen LogP contribution is -2.32. The zero-order chi connectivity index (χ0) is 15.2. The molecule has 1 aliphatic heterocycles. The monoisotopic (exact) mass is 282 g/mol. The Balaban J connectivity index is 2.29. The van der Waals surface area contributed by atoms with Gasteiger partial charge in [0.1, 0.15) is 0 Å². The highest BCUT2D eigenvalue weighted by molar-refractivity contribution is 5.79. The number of nitrogens with one attached hydrogen (secondary N) is 1. The molecule has 2 heteroatoms. The highest BCUT2D eigenvalue weighted by Gasteiger charge is 2.23. The third kappa shape index (κ3) is 3.70. The van der Waals surface area contributed by atoms with Crippen molar-refractivity contribution in [2.45, 2.75) is 33.1 Å². The Hall–Kier alpha value is -1.67. The maximum atomic E-state index is 4.36. The van der Waals surface area contributed by atoms with Crippen LogP contribution in [0.4, 0.5) is 0 Å². The predicted molar refractivity (Wildman–Crippen MR) is 92.7 cm³/mol. The summed E-state index contributed by atoms with van der Waals surface area (Å²) < 4.78 is 0. The highest BCUT2D eigenvalue weighted by atomic mass is 14.9. The molecule has 0 aliphatic carbocycles. The fraction of sp³-hybridized carbons (Fsp3) is 0.421. The number of rotatable bonds is 6. The average Bonchev–Trinajstić information content (AvgIpc) is 2.52. The zero-order valence-electron chi connectivity index (χ0n) is 13.3. The van der Waals surface area contributed by atoms with Crippen LogP contribution in [-0.4, -0.2) is 19.8 Å². The number of aliphatic imine (C=N–C) groups is 1. The first kappa shape index (κ1) is 15.7. The smallest absolute Gasteiger partial charge is 0.0490 e. The van der Waals surface area contributed by atoms with Crippen LogP contribution in [0.15, 0.2) is 47.1 Å². The largest absolute Gasteiger partial charge is 0.312 e. The van der Waals surface area contributed by atoms with Crippen molar-refractivity contribution < 1.29 is 0 Å². The molecule has 1 atom stereocenters. The van der Waals surface area contributed by atoms with Crippen molar-refractivity contribution in [2.75, 3.05) is 13.1 Å². The summed E-state index contributed by atoms with van der Waals surface area (Å²) in [5.41, 5.74) is 5.89. The summed E-state index contributed by atoms with van der Waals surface area (Å²) in [4.78, 5) is 4.36. The first-order valence-corrected chi connectivity index (χ1v) is 7.84. The minimum Gasteiger partial charge on any atom is -0.312 e. The summed E-state index contributed by atoms with van der Waals surface area (Å²) in [6, 6.07) is 8.54. The molecule has 0 amide bonds. The van der Waals surface area contributed by atoms with Gasteiger partial charge in [0, 0.05) is 24.7 Å². The van der Waals surface area contributed by atoms with E-state index in [0.717, 1.165) is 24.4 Å². The molecule has 0 bridgehead atoms. The van der Waals surface area contributed by atoms with Crippen LogP contribution in [0, 0.1) is 12.8 Å². The molecule has 0 radical (unpaired) electrons. The van der Waals surface area contributed by atoms with E-state index in [4.69, 9.17) is 0 Å². The minimum atomic E-state index is 0.466. The second-order valence-electron chi connectivity index (χ2n) is 5.84. The topological polar surface area (TPSA) is 24.4 Å². The molecule has 1 unspecified atom stereocenters. The van der Waals surface area contributed by atoms with Gasteiger partial charge in [-0.3, -0.25) is 4.99 Å². The second kappa shape index (κ2) is 7.37. The van der Waals surface area contributed by atoms with Crippen molar-refractivity contribution in [1.82, 2.24) is 5.32 Å². The van der Waals surface area contributed by atoms with Crippen LogP contribution >= 0.6 is 0 Å². The van der Waals surface area contributed by atoms with E-state index in [1.807, 2.05) is 0 Å². The number of hydrogen-bond donors (Lipinski definition) is 1. The Kier molecular flexibility index (Phi) is 5.51. The van der Waals surface area contributed by atoms with Gasteiger partial charge in [-0.25, -0.2) is 0 Å². The second-order valence-corrected chi connectivity index (χ2v) is 5.84. The van der Waals surface area contributed by atoms with E-state index in [9.17, 15) is 0 Å². The maximum absolute atomic E-state index is 4.36. The van der Waals surface area contributed by atoms with E-state index in [-0.39, 0.29) is 0 Å². The summed E-state index contributed by atoms with van der Waals surface area (Å²) in [6.45, 7) is 14.3. The van der Waals surface area contributed by atoms with Gasteiger partial charge < -0.3 is 5.32 Å². The number of unbranched alkanes of at least 4 members (excludes halogenated alkanes) is 1. The van der Waals surface area contributed by atoms with Crippen molar-refractivity contribution in [3.63, 3.8) is 0 Å². The Morgan fingerprint density at radius 2 is 2.05 bits per heavy atom. The molecule has 0 saturated carbocycles. The van der Waals surface area contributed by atoms with Crippen LogP contribution in [0.2, 0.25) is 0 Å². The normalized spacial score (nSPS) is 18.7.